The van der Waals surface area contributed by atoms with Crippen LogP contribution in [0.2, 0.25) is 0 Å². The number of aldehydes is 1. The van der Waals surface area contributed by atoms with E-state index in [9.17, 15) is 18.0 Å². The fourth-order valence-electron chi connectivity index (χ4n) is 2.36. The first-order valence-electron chi connectivity index (χ1n) is 8.71. The Morgan fingerprint density at radius 2 is 1.78 bits per heavy atom. The van der Waals surface area contributed by atoms with Gasteiger partial charge in [-0.3, -0.25) is 4.79 Å². The van der Waals surface area contributed by atoms with E-state index in [0.717, 1.165) is 22.8 Å². The van der Waals surface area contributed by atoms with E-state index < -0.39 is 11.7 Å². The van der Waals surface area contributed by atoms with Crippen LogP contribution in [0.4, 0.5) is 13.2 Å². The number of carbonyl (C=O) groups is 1. The third-order valence-corrected chi connectivity index (χ3v) is 3.88. The van der Waals surface area contributed by atoms with E-state index in [1.807, 2.05) is 38.2 Å². The van der Waals surface area contributed by atoms with Gasteiger partial charge in [0.25, 0.3) is 0 Å². The largest absolute Gasteiger partial charge is 0.416 e. The lowest BCUT2D eigenvalue weighted by atomic mass is 9.98. The number of hydrogen-bond acceptors (Lipinski definition) is 1. The Morgan fingerprint density at radius 3 is 2.33 bits per heavy atom. The number of rotatable bonds is 7. The first-order chi connectivity index (χ1) is 12.7. The third kappa shape index (κ3) is 7.65. The zero-order chi connectivity index (χ0) is 20.4. The highest BCUT2D eigenvalue weighted by atomic mass is 19.4. The van der Waals surface area contributed by atoms with Crippen LogP contribution >= 0.6 is 0 Å². The highest BCUT2D eigenvalue weighted by molar-refractivity contribution is 5.67. The maximum absolute atomic E-state index is 12.7. The summed E-state index contributed by atoms with van der Waals surface area (Å²) in [6.45, 7) is 8.22. The average molecular weight is 374 g/mol. The zero-order valence-electron chi connectivity index (χ0n) is 16.0. The van der Waals surface area contributed by atoms with Crippen molar-refractivity contribution in [3.8, 4) is 0 Å². The monoisotopic (exact) mass is 374 g/mol. The molecule has 0 amide bonds. The molecule has 0 atom stereocenters. The first kappa shape index (κ1) is 22.4. The molecule has 1 rings (SSSR count). The Bertz CT molecular complexity index is 777. The molecule has 0 bridgehead atoms. The Hall–Kier alpha value is -2.62. The summed E-state index contributed by atoms with van der Waals surface area (Å²) in [7, 11) is 0. The standard InChI is InChI=1S/C23H25F3O/c1-5-6-10-20(17(2)3)16-21-15-19(14-18(21)4)9-7-8-11-22(12-13-27)23(24,25)26/h5-17H,1-4H3/b6-5+,9-7+,11-8+,20-10+,21-16+,22-12+. The van der Waals surface area contributed by atoms with Gasteiger partial charge in [-0.1, -0.05) is 62.5 Å². The fraction of sp³-hybridized carbons (Fsp3) is 0.261. The SMILES string of the molecule is C/C=C/C=C(\C=C1C=C(/C=C/C=C/C(=C\C=O)C(F)(F)F)C=C/1C)C(C)C. The number of hydrogen-bond donors (Lipinski definition) is 0. The average Bonchev–Trinajstić information content (AvgIpc) is 2.92. The van der Waals surface area contributed by atoms with Crippen molar-refractivity contribution in [1.29, 1.82) is 0 Å². The summed E-state index contributed by atoms with van der Waals surface area (Å²) in [6.07, 6.45) is 13.7. The summed E-state index contributed by atoms with van der Waals surface area (Å²) in [5.74, 6) is 0.378. The van der Waals surface area contributed by atoms with Gasteiger partial charge in [0.2, 0.25) is 0 Å². The molecule has 0 unspecified atom stereocenters. The van der Waals surface area contributed by atoms with Gasteiger partial charge in [0.1, 0.15) is 6.29 Å². The number of halogens is 3. The van der Waals surface area contributed by atoms with Gasteiger partial charge in [-0.25, -0.2) is 0 Å². The molecule has 1 aliphatic carbocycles. The van der Waals surface area contributed by atoms with Crippen LogP contribution in [0.5, 0.6) is 0 Å². The molecule has 27 heavy (non-hydrogen) atoms. The highest BCUT2D eigenvalue weighted by Crippen LogP contribution is 2.28. The van der Waals surface area contributed by atoms with Gasteiger partial charge >= 0.3 is 6.18 Å². The lowest BCUT2D eigenvalue weighted by molar-refractivity contribution is -0.106. The topological polar surface area (TPSA) is 17.1 Å². The van der Waals surface area contributed by atoms with E-state index in [4.69, 9.17) is 0 Å². The van der Waals surface area contributed by atoms with Crippen molar-refractivity contribution in [3.05, 3.63) is 94.7 Å². The van der Waals surface area contributed by atoms with Gasteiger partial charge in [-0.2, -0.15) is 13.2 Å². The summed E-state index contributed by atoms with van der Waals surface area (Å²) in [5, 5.41) is 0. The molecule has 1 aliphatic rings. The van der Waals surface area contributed by atoms with Crippen molar-refractivity contribution >= 4 is 6.29 Å². The fourth-order valence-corrected chi connectivity index (χ4v) is 2.36. The van der Waals surface area contributed by atoms with E-state index in [1.165, 1.54) is 17.7 Å². The number of carbonyl (C=O) groups excluding carboxylic acids is 1. The molecule has 144 valence electrons. The van der Waals surface area contributed by atoms with Crippen molar-refractivity contribution in [2.45, 2.75) is 33.9 Å². The van der Waals surface area contributed by atoms with Crippen LogP contribution in [-0.4, -0.2) is 12.5 Å². The minimum atomic E-state index is -4.54. The van der Waals surface area contributed by atoms with Crippen LogP contribution in [0.1, 0.15) is 27.7 Å². The molecule has 0 fully saturated rings. The zero-order valence-corrected chi connectivity index (χ0v) is 16.0. The molecule has 0 aromatic carbocycles. The Labute approximate surface area is 159 Å². The maximum Gasteiger partial charge on any atom is 0.416 e. The number of alkyl halides is 3. The van der Waals surface area contributed by atoms with Crippen molar-refractivity contribution in [3.63, 3.8) is 0 Å². The first-order valence-corrected chi connectivity index (χ1v) is 8.71. The van der Waals surface area contributed by atoms with E-state index in [1.54, 1.807) is 6.08 Å². The molecule has 0 N–H and O–H groups in total. The lowest BCUT2D eigenvalue weighted by Crippen LogP contribution is -2.09. The van der Waals surface area contributed by atoms with Crippen molar-refractivity contribution in [2.24, 2.45) is 5.92 Å². The molecule has 1 nitrogen and oxygen atoms in total. The van der Waals surface area contributed by atoms with Crippen molar-refractivity contribution in [2.75, 3.05) is 0 Å². The summed E-state index contributed by atoms with van der Waals surface area (Å²) in [4.78, 5) is 10.3. The van der Waals surface area contributed by atoms with E-state index >= 15 is 0 Å². The summed E-state index contributed by atoms with van der Waals surface area (Å²) >= 11 is 0. The van der Waals surface area contributed by atoms with E-state index in [-0.39, 0.29) is 6.29 Å². The normalized spacial score (nSPS) is 18.4. The smallest absolute Gasteiger partial charge is 0.299 e. The summed E-state index contributed by atoms with van der Waals surface area (Å²) < 4.78 is 38.0. The predicted octanol–water partition coefficient (Wildman–Crippen LogP) is 6.76. The molecule has 0 aromatic rings. The molecular weight excluding hydrogens is 349 g/mol. The van der Waals surface area contributed by atoms with Gasteiger partial charge in [0.05, 0.1) is 5.57 Å². The Balaban J connectivity index is 2.98. The highest BCUT2D eigenvalue weighted by Gasteiger charge is 2.31. The Morgan fingerprint density at radius 1 is 1.07 bits per heavy atom. The van der Waals surface area contributed by atoms with Crippen molar-refractivity contribution in [1.82, 2.24) is 0 Å². The van der Waals surface area contributed by atoms with Crippen LogP contribution in [0.25, 0.3) is 0 Å². The van der Waals surface area contributed by atoms with Crippen LogP contribution in [0, 0.1) is 5.92 Å². The van der Waals surface area contributed by atoms with Crippen LogP contribution < -0.4 is 0 Å². The molecule has 0 saturated carbocycles. The second-order valence-corrected chi connectivity index (χ2v) is 6.39. The number of allylic oxidation sites excluding steroid dienone is 16. The second-order valence-electron chi connectivity index (χ2n) is 6.39. The quantitative estimate of drug-likeness (QED) is 0.273. The van der Waals surface area contributed by atoms with Gasteiger partial charge in [-0.15, -0.1) is 0 Å². The molecule has 4 heteroatoms. The molecule has 0 saturated heterocycles. The van der Waals surface area contributed by atoms with Crippen LogP contribution in [0.15, 0.2) is 94.7 Å². The molecular formula is C23H25F3O. The molecule has 0 aromatic heterocycles. The van der Waals surface area contributed by atoms with Gasteiger partial charge in [0.15, 0.2) is 0 Å². The predicted molar refractivity (Wildman–Crippen MR) is 106 cm³/mol. The minimum absolute atomic E-state index is 0.132. The van der Waals surface area contributed by atoms with Gasteiger partial charge in [0, 0.05) is 0 Å². The Kier molecular flexibility index (Phi) is 8.73. The second kappa shape index (κ2) is 10.5. The summed E-state index contributed by atoms with van der Waals surface area (Å²) in [5.41, 5.74) is 3.31. The molecule has 0 spiro atoms. The lowest BCUT2D eigenvalue weighted by Gasteiger charge is -2.07. The van der Waals surface area contributed by atoms with Gasteiger partial charge in [-0.05, 0) is 60.3 Å². The summed E-state index contributed by atoms with van der Waals surface area (Å²) in [6, 6.07) is 0. The van der Waals surface area contributed by atoms with E-state index in [2.05, 4.69) is 26.0 Å². The molecule has 0 heterocycles. The minimum Gasteiger partial charge on any atom is -0.299 e. The maximum atomic E-state index is 12.7. The van der Waals surface area contributed by atoms with Crippen LogP contribution in [0.3, 0.4) is 0 Å². The molecule has 0 radical (unpaired) electrons. The van der Waals surface area contributed by atoms with Gasteiger partial charge < -0.3 is 0 Å². The third-order valence-electron chi connectivity index (χ3n) is 3.88. The van der Waals surface area contributed by atoms with E-state index in [0.29, 0.717) is 12.0 Å². The molecule has 0 aliphatic heterocycles. The van der Waals surface area contributed by atoms with Crippen LogP contribution in [-0.2, 0) is 4.79 Å². The van der Waals surface area contributed by atoms with Crippen molar-refractivity contribution < 1.29 is 18.0 Å².